The molecule has 0 radical (unpaired) electrons. The minimum atomic E-state index is -0.682. The number of rotatable bonds is 3. The van der Waals surface area contributed by atoms with Crippen molar-refractivity contribution < 1.29 is 9.18 Å². The standard InChI is InChI=1S/C14H19FN2O/c1-17(10-11-6-3-2-4-7-11)14(18)12-8-5-9-16-13(12)15/h5,8-9,11H,2-4,6-7,10H2,1H3. The lowest BCUT2D eigenvalue weighted by atomic mass is 9.89. The van der Waals surface area contributed by atoms with Crippen molar-refractivity contribution >= 4 is 5.91 Å². The molecule has 3 nitrogen and oxygen atoms in total. The first-order valence-corrected chi connectivity index (χ1v) is 6.54. The predicted molar refractivity (Wildman–Crippen MR) is 67.7 cm³/mol. The quantitative estimate of drug-likeness (QED) is 0.773. The van der Waals surface area contributed by atoms with Gasteiger partial charge in [0.2, 0.25) is 5.95 Å². The summed E-state index contributed by atoms with van der Waals surface area (Å²) >= 11 is 0. The summed E-state index contributed by atoms with van der Waals surface area (Å²) in [4.78, 5) is 17.2. The van der Waals surface area contributed by atoms with Crippen molar-refractivity contribution in [1.29, 1.82) is 0 Å². The van der Waals surface area contributed by atoms with E-state index >= 15 is 0 Å². The zero-order valence-electron chi connectivity index (χ0n) is 10.7. The van der Waals surface area contributed by atoms with Crippen LogP contribution < -0.4 is 0 Å². The Kier molecular flexibility index (Phi) is 4.28. The number of hydrogen-bond donors (Lipinski definition) is 0. The second-order valence-electron chi connectivity index (χ2n) is 5.03. The summed E-state index contributed by atoms with van der Waals surface area (Å²) in [7, 11) is 1.74. The smallest absolute Gasteiger partial charge is 0.258 e. The van der Waals surface area contributed by atoms with Crippen LogP contribution in [0.2, 0.25) is 0 Å². The summed E-state index contributed by atoms with van der Waals surface area (Å²) in [6.07, 6.45) is 7.49. The Morgan fingerprint density at radius 3 is 2.83 bits per heavy atom. The summed E-state index contributed by atoms with van der Waals surface area (Å²) < 4.78 is 13.4. The molecule has 98 valence electrons. The van der Waals surface area contributed by atoms with Gasteiger partial charge < -0.3 is 4.90 Å². The number of nitrogens with zero attached hydrogens (tertiary/aromatic N) is 2. The van der Waals surface area contributed by atoms with Crippen LogP contribution in [0.5, 0.6) is 0 Å². The van der Waals surface area contributed by atoms with E-state index in [0.717, 1.165) is 0 Å². The molecule has 1 aromatic heterocycles. The summed E-state index contributed by atoms with van der Waals surface area (Å²) in [5.74, 6) is -0.392. The lowest BCUT2D eigenvalue weighted by molar-refractivity contribution is 0.0755. The highest BCUT2D eigenvalue weighted by molar-refractivity contribution is 5.93. The van der Waals surface area contributed by atoms with Crippen molar-refractivity contribution in [1.82, 2.24) is 9.88 Å². The molecule has 1 fully saturated rings. The Morgan fingerprint density at radius 2 is 2.17 bits per heavy atom. The van der Waals surface area contributed by atoms with Crippen LogP contribution in [-0.4, -0.2) is 29.4 Å². The van der Waals surface area contributed by atoms with Crippen LogP contribution in [0.15, 0.2) is 18.3 Å². The molecular weight excluding hydrogens is 231 g/mol. The first kappa shape index (κ1) is 13.0. The number of pyridine rings is 1. The highest BCUT2D eigenvalue weighted by Crippen LogP contribution is 2.24. The molecule has 0 saturated heterocycles. The SMILES string of the molecule is CN(CC1CCCCC1)C(=O)c1cccnc1F. The molecular formula is C14H19FN2O. The van der Waals surface area contributed by atoms with Crippen molar-refractivity contribution in [2.75, 3.05) is 13.6 Å². The van der Waals surface area contributed by atoms with Crippen LogP contribution in [0.1, 0.15) is 42.5 Å². The maximum Gasteiger partial charge on any atom is 0.258 e. The molecule has 0 aliphatic heterocycles. The average molecular weight is 250 g/mol. The fraction of sp³-hybridized carbons (Fsp3) is 0.571. The maximum atomic E-state index is 13.4. The molecule has 4 heteroatoms. The van der Waals surface area contributed by atoms with Gasteiger partial charge in [-0.15, -0.1) is 0 Å². The molecule has 18 heavy (non-hydrogen) atoms. The van der Waals surface area contributed by atoms with Gasteiger partial charge in [-0.3, -0.25) is 4.79 Å². The molecule has 0 bridgehead atoms. The van der Waals surface area contributed by atoms with E-state index in [4.69, 9.17) is 0 Å². The normalized spacial score (nSPS) is 16.6. The lowest BCUT2D eigenvalue weighted by Gasteiger charge is -2.27. The van der Waals surface area contributed by atoms with Crippen molar-refractivity contribution in [2.24, 2.45) is 5.92 Å². The van der Waals surface area contributed by atoms with Gasteiger partial charge in [-0.05, 0) is 30.9 Å². The van der Waals surface area contributed by atoms with Gasteiger partial charge in [0, 0.05) is 19.8 Å². The molecule has 1 aromatic rings. The molecule has 0 spiro atoms. The Morgan fingerprint density at radius 1 is 1.44 bits per heavy atom. The zero-order chi connectivity index (χ0) is 13.0. The maximum absolute atomic E-state index is 13.4. The van der Waals surface area contributed by atoms with Crippen LogP contribution in [0.4, 0.5) is 4.39 Å². The highest BCUT2D eigenvalue weighted by atomic mass is 19.1. The third kappa shape index (κ3) is 3.06. The van der Waals surface area contributed by atoms with Crippen LogP contribution in [0.3, 0.4) is 0 Å². The molecule has 1 heterocycles. The highest BCUT2D eigenvalue weighted by Gasteiger charge is 2.21. The van der Waals surface area contributed by atoms with Gasteiger partial charge in [-0.2, -0.15) is 4.39 Å². The second kappa shape index (κ2) is 5.94. The van der Waals surface area contributed by atoms with Gasteiger partial charge in [0.1, 0.15) is 0 Å². The van der Waals surface area contributed by atoms with E-state index < -0.39 is 5.95 Å². The summed E-state index contributed by atoms with van der Waals surface area (Å²) in [5.41, 5.74) is 0.0656. The summed E-state index contributed by atoms with van der Waals surface area (Å²) in [6.45, 7) is 0.715. The van der Waals surface area contributed by atoms with Crippen LogP contribution >= 0.6 is 0 Å². The fourth-order valence-corrected chi connectivity index (χ4v) is 2.59. The number of carbonyl (C=O) groups is 1. The first-order chi connectivity index (χ1) is 8.68. The van der Waals surface area contributed by atoms with E-state index in [-0.39, 0.29) is 11.5 Å². The van der Waals surface area contributed by atoms with Gasteiger partial charge in [0.15, 0.2) is 0 Å². The van der Waals surface area contributed by atoms with E-state index in [1.165, 1.54) is 44.4 Å². The van der Waals surface area contributed by atoms with Crippen LogP contribution in [-0.2, 0) is 0 Å². The van der Waals surface area contributed by atoms with Crippen molar-refractivity contribution in [3.8, 4) is 0 Å². The number of carbonyl (C=O) groups excluding carboxylic acids is 1. The molecule has 2 rings (SSSR count). The van der Waals surface area contributed by atoms with Gasteiger partial charge in [-0.1, -0.05) is 19.3 Å². The van der Waals surface area contributed by atoms with Crippen molar-refractivity contribution in [2.45, 2.75) is 32.1 Å². The van der Waals surface area contributed by atoms with Gasteiger partial charge in [0.25, 0.3) is 5.91 Å². The first-order valence-electron chi connectivity index (χ1n) is 6.54. The van der Waals surface area contributed by atoms with Crippen molar-refractivity contribution in [3.05, 3.63) is 29.8 Å². The third-order valence-electron chi connectivity index (χ3n) is 3.59. The summed E-state index contributed by atoms with van der Waals surface area (Å²) in [5, 5.41) is 0. The van der Waals surface area contributed by atoms with Crippen molar-refractivity contribution in [3.63, 3.8) is 0 Å². The van der Waals surface area contributed by atoms with E-state index in [2.05, 4.69) is 4.98 Å². The number of amides is 1. The predicted octanol–water partition coefficient (Wildman–Crippen LogP) is 2.87. The second-order valence-corrected chi connectivity index (χ2v) is 5.03. The van der Waals surface area contributed by atoms with Crippen LogP contribution in [0, 0.1) is 11.9 Å². The minimum absolute atomic E-state index is 0.0656. The molecule has 0 aromatic carbocycles. The number of aromatic nitrogens is 1. The molecule has 1 aliphatic carbocycles. The van der Waals surface area contributed by atoms with E-state index in [1.807, 2.05) is 0 Å². The zero-order valence-corrected chi connectivity index (χ0v) is 10.7. The Balaban J connectivity index is 1.98. The van der Waals surface area contributed by atoms with Gasteiger partial charge in [0.05, 0.1) is 5.56 Å². The molecule has 0 N–H and O–H groups in total. The van der Waals surface area contributed by atoms with Gasteiger partial charge >= 0.3 is 0 Å². The number of hydrogen-bond acceptors (Lipinski definition) is 2. The van der Waals surface area contributed by atoms with E-state index in [9.17, 15) is 9.18 Å². The monoisotopic (exact) mass is 250 g/mol. The third-order valence-corrected chi connectivity index (χ3v) is 3.59. The molecule has 1 aliphatic rings. The van der Waals surface area contributed by atoms with Gasteiger partial charge in [-0.25, -0.2) is 4.98 Å². The summed E-state index contributed by atoms with van der Waals surface area (Å²) in [6, 6.07) is 3.08. The Labute approximate surface area is 107 Å². The van der Waals surface area contributed by atoms with E-state index in [1.54, 1.807) is 18.0 Å². The minimum Gasteiger partial charge on any atom is -0.341 e. The van der Waals surface area contributed by atoms with E-state index in [0.29, 0.717) is 12.5 Å². The lowest BCUT2D eigenvalue weighted by Crippen LogP contribution is -2.33. The number of halogens is 1. The fourth-order valence-electron chi connectivity index (χ4n) is 2.59. The Bertz CT molecular complexity index is 416. The topological polar surface area (TPSA) is 33.2 Å². The largest absolute Gasteiger partial charge is 0.341 e. The molecule has 1 saturated carbocycles. The van der Waals surface area contributed by atoms with Crippen LogP contribution in [0.25, 0.3) is 0 Å². The average Bonchev–Trinajstić information content (AvgIpc) is 2.39. The molecule has 0 unspecified atom stereocenters. The Hall–Kier alpha value is -1.45. The molecule has 1 amide bonds. The molecule has 0 atom stereocenters.